The fraction of sp³-hybridized carbons (Fsp3) is 0.444. The lowest BCUT2D eigenvalue weighted by Gasteiger charge is -2.36. The van der Waals surface area contributed by atoms with E-state index in [1.165, 1.54) is 5.69 Å². The molecule has 0 spiro atoms. The van der Waals surface area contributed by atoms with Gasteiger partial charge in [-0.25, -0.2) is 4.79 Å². The summed E-state index contributed by atoms with van der Waals surface area (Å²) < 4.78 is 11.5. The number of piperazine rings is 1. The van der Waals surface area contributed by atoms with E-state index in [9.17, 15) is 4.79 Å². The van der Waals surface area contributed by atoms with Gasteiger partial charge in [-0.2, -0.15) is 0 Å². The van der Waals surface area contributed by atoms with Gasteiger partial charge in [0.25, 0.3) is 0 Å². The molecular weight excluding hydrogens is 442 g/mol. The summed E-state index contributed by atoms with van der Waals surface area (Å²) in [5.41, 5.74) is 9.29. The Morgan fingerprint density at radius 2 is 1.83 bits per heavy atom. The number of nitrogens with zero attached hydrogens (tertiary/aromatic N) is 2. The summed E-state index contributed by atoms with van der Waals surface area (Å²) in [4.78, 5) is 20.3. The lowest BCUT2D eigenvalue weighted by atomic mass is 10.1. The Kier molecular flexibility index (Phi) is 7.40. The maximum Gasteiger partial charge on any atom is 0.408 e. The standard InChI is InChI=1S/C27H37N5O3/c1-19(30-26(33)35-27(2,3)4)24-18-29-25-10-9-22(17-23(24)25)34-16-15-31-11-13-32(14-12-31)21-7-5-20(28)6-8-21/h5-10,17-19,29H,11-16,28H2,1-4H3,(H,30,33). The average molecular weight is 480 g/mol. The minimum absolute atomic E-state index is 0.203. The molecule has 4 rings (SSSR count). The smallest absolute Gasteiger partial charge is 0.408 e. The molecule has 188 valence electrons. The number of anilines is 2. The number of nitrogens with two attached hydrogens (primary N) is 1. The molecule has 0 radical (unpaired) electrons. The number of hydrogen-bond donors (Lipinski definition) is 3. The van der Waals surface area contributed by atoms with Gasteiger partial charge in [-0.1, -0.05) is 0 Å². The maximum absolute atomic E-state index is 12.2. The minimum atomic E-state index is -0.534. The van der Waals surface area contributed by atoms with Gasteiger partial charge in [0.05, 0.1) is 6.04 Å². The summed E-state index contributed by atoms with van der Waals surface area (Å²) in [6.45, 7) is 13.0. The number of ether oxygens (including phenoxy) is 2. The van der Waals surface area contributed by atoms with E-state index in [1.54, 1.807) is 0 Å². The Morgan fingerprint density at radius 1 is 1.11 bits per heavy atom. The third-order valence-electron chi connectivity index (χ3n) is 6.19. The van der Waals surface area contributed by atoms with Crippen LogP contribution in [0.25, 0.3) is 10.9 Å². The number of fused-ring (bicyclic) bond motifs is 1. The first-order valence-corrected chi connectivity index (χ1v) is 12.2. The number of H-pyrrole nitrogens is 1. The molecule has 2 heterocycles. The predicted octanol–water partition coefficient (Wildman–Crippen LogP) is 4.54. The zero-order valence-electron chi connectivity index (χ0n) is 21.1. The number of aromatic amines is 1. The highest BCUT2D eigenvalue weighted by molar-refractivity contribution is 5.85. The van der Waals surface area contributed by atoms with E-state index < -0.39 is 11.7 Å². The second kappa shape index (κ2) is 10.5. The van der Waals surface area contributed by atoms with E-state index in [2.05, 4.69) is 32.2 Å². The summed E-state index contributed by atoms with van der Waals surface area (Å²) in [6.07, 6.45) is 1.50. The molecule has 3 aromatic rings. The van der Waals surface area contributed by atoms with Gasteiger partial charge in [0.2, 0.25) is 0 Å². The third kappa shape index (κ3) is 6.60. The van der Waals surface area contributed by atoms with Gasteiger partial charge < -0.3 is 30.4 Å². The largest absolute Gasteiger partial charge is 0.492 e. The Bertz CT molecular complexity index is 1130. The van der Waals surface area contributed by atoms with Crippen molar-refractivity contribution >= 4 is 28.4 Å². The number of carbonyl (C=O) groups excluding carboxylic acids is 1. The maximum atomic E-state index is 12.2. The molecule has 1 saturated heterocycles. The van der Waals surface area contributed by atoms with E-state index in [0.717, 1.165) is 60.6 Å². The van der Waals surface area contributed by atoms with Crippen molar-refractivity contribution in [2.45, 2.75) is 39.3 Å². The molecule has 0 aliphatic carbocycles. The summed E-state index contributed by atoms with van der Waals surface area (Å²) in [7, 11) is 0. The second-order valence-electron chi connectivity index (χ2n) is 10.1. The number of carbonyl (C=O) groups is 1. The molecule has 1 atom stereocenters. The van der Waals surface area contributed by atoms with Gasteiger partial charge >= 0.3 is 6.09 Å². The summed E-state index contributed by atoms with van der Waals surface area (Å²) in [5, 5.41) is 3.95. The molecule has 1 aromatic heterocycles. The first kappa shape index (κ1) is 24.7. The van der Waals surface area contributed by atoms with Crippen molar-refractivity contribution < 1.29 is 14.3 Å². The van der Waals surface area contributed by atoms with Crippen molar-refractivity contribution in [2.24, 2.45) is 0 Å². The topological polar surface area (TPSA) is 95.8 Å². The second-order valence-corrected chi connectivity index (χ2v) is 10.1. The Labute approximate surface area is 207 Å². The van der Waals surface area contributed by atoms with Crippen LogP contribution in [-0.4, -0.2) is 60.9 Å². The van der Waals surface area contributed by atoms with Crippen molar-refractivity contribution in [2.75, 3.05) is 50.0 Å². The van der Waals surface area contributed by atoms with Crippen molar-refractivity contribution in [1.29, 1.82) is 0 Å². The highest BCUT2D eigenvalue weighted by atomic mass is 16.6. The van der Waals surface area contributed by atoms with Gasteiger partial charge in [-0.15, -0.1) is 0 Å². The van der Waals surface area contributed by atoms with E-state index in [0.29, 0.717) is 6.61 Å². The van der Waals surface area contributed by atoms with Crippen LogP contribution in [0.4, 0.5) is 16.2 Å². The SMILES string of the molecule is CC(NC(=O)OC(C)(C)C)c1c[nH]c2ccc(OCCN3CCN(c4ccc(N)cc4)CC3)cc12. The number of alkyl carbamates (subject to hydrolysis) is 1. The highest BCUT2D eigenvalue weighted by Crippen LogP contribution is 2.28. The van der Waals surface area contributed by atoms with Gasteiger partial charge in [-0.05, 0) is 75.7 Å². The van der Waals surface area contributed by atoms with Gasteiger partial charge in [0.15, 0.2) is 0 Å². The van der Waals surface area contributed by atoms with Crippen molar-refractivity contribution in [3.8, 4) is 5.75 Å². The lowest BCUT2D eigenvalue weighted by Crippen LogP contribution is -2.47. The quantitative estimate of drug-likeness (QED) is 0.431. The van der Waals surface area contributed by atoms with Crippen LogP contribution >= 0.6 is 0 Å². The molecule has 0 saturated carbocycles. The molecule has 1 aliphatic heterocycles. The molecule has 4 N–H and O–H groups in total. The Hall–Kier alpha value is -3.39. The molecule has 1 fully saturated rings. The van der Waals surface area contributed by atoms with Crippen molar-refractivity contribution in [3.63, 3.8) is 0 Å². The first-order valence-electron chi connectivity index (χ1n) is 12.2. The molecular formula is C27H37N5O3. The zero-order valence-corrected chi connectivity index (χ0v) is 21.1. The monoisotopic (exact) mass is 479 g/mol. The summed E-state index contributed by atoms with van der Waals surface area (Å²) in [6, 6.07) is 13.9. The van der Waals surface area contributed by atoms with Gasteiger partial charge in [0.1, 0.15) is 18.0 Å². The van der Waals surface area contributed by atoms with Crippen molar-refractivity contribution in [3.05, 3.63) is 54.2 Å². The fourth-order valence-electron chi connectivity index (χ4n) is 4.34. The molecule has 1 unspecified atom stereocenters. The Morgan fingerprint density at radius 3 is 2.51 bits per heavy atom. The number of amides is 1. The number of nitrogen functional groups attached to an aromatic ring is 1. The molecule has 0 bridgehead atoms. The molecule has 1 aliphatic rings. The number of nitrogens with one attached hydrogen (secondary N) is 2. The minimum Gasteiger partial charge on any atom is -0.492 e. The zero-order chi connectivity index (χ0) is 25.0. The lowest BCUT2D eigenvalue weighted by molar-refractivity contribution is 0.0508. The van der Waals surface area contributed by atoms with Gasteiger partial charge in [-0.3, -0.25) is 4.90 Å². The van der Waals surface area contributed by atoms with E-state index in [4.69, 9.17) is 15.2 Å². The number of hydrogen-bond acceptors (Lipinski definition) is 6. The van der Waals surface area contributed by atoms with E-state index in [1.807, 2.05) is 64.2 Å². The first-order chi connectivity index (χ1) is 16.7. The van der Waals surface area contributed by atoms with Crippen LogP contribution in [-0.2, 0) is 4.74 Å². The molecule has 2 aromatic carbocycles. The van der Waals surface area contributed by atoms with Crippen LogP contribution in [0.5, 0.6) is 5.75 Å². The molecule has 8 heteroatoms. The average Bonchev–Trinajstić information content (AvgIpc) is 3.22. The number of benzene rings is 2. The Balaban J connectivity index is 1.28. The molecule has 1 amide bonds. The van der Waals surface area contributed by atoms with Crippen molar-refractivity contribution in [1.82, 2.24) is 15.2 Å². The summed E-state index contributed by atoms with van der Waals surface area (Å²) in [5.74, 6) is 0.823. The van der Waals surface area contributed by atoms with E-state index in [-0.39, 0.29) is 6.04 Å². The normalized spacial score (nSPS) is 15.7. The number of aromatic nitrogens is 1. The van der Waals surface area contributed by atoms with Crippen LogP contribution in [0, 0.1) is 0 Å². The predicted molar refractivity (Wildman–Crippen MR) is 141 cm³/mol. The summed E-state index contributed by atoms with van der Waals surface area (Å²) >= 11 is 0. The van der Waals surface area contributed by atoms with Crippen LogP contribution < -0.4 is 20.7 Å². The number of rotatable bonds is 7. The van der Waals surface area contributed by atoms with Crippen LogP contribution in [0.2, 0.25) is 0 Å². The fourth-order valence-corrected chi connectivity index (χ4v) is 4.34. The van der Waals surface area contributed by atoms with Crippen LogP contribution in [0.3, 0.4) is 0 Å². The highest BCUT2D eigenvalue weighted by Gasteiger charge is 2.20. The third-order valence-corrected chi connectivity index (χ3v) is 6.19. The van der Waals surface area contributed by atoms with E-state index >= 15 is 0 Å². The van der Waals surface area contributed by atoms with Crippen LogP contribution in [0.1, 0.15) is 39.3 Å². The molecule has 8 nitrogen and oxygen atoms in total. The van der Waals surface area contributed by atoms with Gasteiger partial charge in [0, 0.05) is 61.2 Å². The van der Waals surface area contributed by atoms with Crippen LogP contribution in [0.15, 0.2) is 48.7 Å². The molecule has 35 heavy (non-hydrogen) atoms.